The lowest BCUT2D eigenvalue weighted by atomic mass is 10.0. The SMILES string of the molecule is CC(=O)Cc1ccc(S(=O)(=O)N2CC[C@H](NC(=O)c3cc(C4CC4)on3)C[C@H]2C)cc1. The Bertz CT molecular complexity index is 1070. The molecule has 0 spiro atoms. The Labute approximate surface area is 182 Å². The van der Waals surface area contributed by atoms with Gasteiger partial charge in [-0.1, -0.05) is 17.3 Å². The Morgan fingerprint density at radius 1 is 1.19 bits per heavy atom. The highest BCUT2D eigenvalue weighted by molar-refractivity contribution is 7.89. The van der Waals surface area contributed by atoms with E-state index in [0.29, 0.717) is 25.3 Å². The van der Waals surface area contributed by atoms with Crippen LogP contribution in [0.5, 0.6) is 0 Å². The van der Waals surface area contributed by atoms with Crippen LogP contribution in [0.4, 0.5) is 0 Å². The average molecular weight is 446 g/mol. The minimum Gasteiger partial charge on any atom is -0.360 e. The standard InChI is InChI=1S/C22H27N3O5S/c1-14-11-18(23-22(27)20-13-21(30-24-20)17-5-6-17)9-10-25(14)31(28,29)19-7-3-16(4-8-19)12-15(2)26/h3-4,7-8,13-14,17-18H,5-6,9-12H2,1-2H3,(H,23,27)/t14-,18+/m1/s1. The number of carbonyl (C=O) groups is 2. The van der Waals surface area contributed by atoms with Crippen LogP contribution in [0.3, 0.4) is 0 Å². The van der Waals surface area contributed by atoms with E-state index in [9.17, 15) is 18.0 Å². The van der Waals surface area contributed by atoms with Crippen LogP contribution in [-0.4, -0.2) is 48.2 Å². The van der Waals surface area contributed by atoms with Gasteiger partial charge < -0.3 is 9.84 Å². The zero-order valence-corrected chi connectivity index (χ0v) is 18.5. The van der Waals surface area contributed by atoms with Gasteiger partial charge in [0, 0.05) is 37.0 Å². The predicted octanol–water partition coefficient (Wildman–Crippen LogP) is 2.66. The maximum Gasteiger partial charge on any atom is 0.273 e. The normalized spacial score (nSPS) is 22.3. The van der Waals surface area contributed by atoms with Crippen molar-refractivity contribution in [3.8, 4) is 0 Å². The van der Waals surface area contributed by atoms with Gasteiger partial charge in [-0.05, 0) is 57.2 Å². The third-order valence-electron chi connectivity index (χ3n) is 5.87. The molecule has 1 saturated heterocycles. The number of nitrogens with zero attached hydrogens (tertiary/aromatic N) is 2. The summed E-state index contributed by atoms with van der Waals surface area (Å²) in [5, 5.41) is 6.83. The molecular weight excluding hydrogens is 418 g/mol. The monoisotopic (exact) mass is 445 g/mol. The van der Waals surface area contributed by atoms with Crippen molar-refractivity contribution in [1.29, 1.82) is 0 Å². The molecule has 2 fully saturated rings. The molecule has 0 bridgehead atoms. The van der Waals surface area contributed by atoms with E-state index in [-0.39, 0.29) is 40.8 Å². The summed E-state index contributed by atoms with van der Waals surface area (Å²) in [7, 11) is -3.65. The molecule has 31 heavy (non-hydrogen) atoms. The van der Waals surface area contributed by atoms with E-state index in [1.54, 1.807) is 30.3 Å². The number of nitrogens with one attached hydrogen (secondary N) is 1. The molecule has 1 amide bonds. The number of carbonyl (C=O) groups excluding carboxylic acids is 2. The summed E-state index contributed by atoms with van der Waals surface area (Å²) in [4.78, 5) is 24.0. The van der Waals surface area contributed by atoms with Gasteiger partial charge >= 0.3 is 0 Å². The Kier molecular flexibility index (Phi) is 5.98. The molecule has 0 unspecified atom stereocenters. The molecule has 2 aliphatic rings. The molecule has 1 N–H and O–H groups in total. The quantitative estimate of drug-likeness (QED) is 0.702. The lowest BCUT2D eigenvalue weighted by molar-refractivity contribution is -0.116. The third kappa shape index (κ3) is 4.88. The van der Waals surface area contributed by atoms with Crippen molar-refractivity contribution in [2.24, 2.45) is 0 Å². The zero-order chi connectivity index (χ0) is 22.2. The first kappa shape index (κ1) is 21.7. The van der Waals surface area contributed by atoms with Crippen molar-refractivity contribution < 1.29 is 22.5 Å². The minimum atomic E-state index is -3.65. The molecule has 0 radical (unpaired) electrons. The van der Waals surface area contributed by atoms with E-state index in [2.05, 4.69) is 10.5 Å². The number of aromatic nitrogens is 1. The van der Waals surface area contributed by atoms with Gasteiger partial charge in [-0.15, -0.1) is 0 Å². The number of hydrogen-bond acceptors (Lipinski definition) is 6. The van der Waals surface area contributed by atoms with Crippen LogP contribution in [0.25, 0.3) is 0 Å². The molecule has 1 aliphatic carbocycles. The van der Waals surface area contributed by atoms with Gasteiger partial charge in [0.05, 0.1) is 4.90 Å². The lowest BCUT2D eigenvalue weighted by Crippen LogP contribution is -2.50. The Morgan fingerprint density at radius 2 is 1.90 bits per heavy atom. The molecule has 1 aliphatic heterocycles. The van der Waals surface area contributed by atoms with Crippen LogP contribution in [0.2, 0.25) is 0 Å². The Hall–Kier alpha value is -2.52. The molecule has 1 aromatic carbocycles. The first-order chi connectivity index (χ1) is 14.7. The molecule has 4 rings (SSSR count). The number of rotatable bonds is 7. The van der Waals surface area contributed by atoms with Crippen molar-refractivity contribution in [3.63, 3.8) is 0 Å². The van der Waals surface area contributed by atoms with Crippen LogP contribution in [0, 0.1) is 0 Å². The highest BCUT2D eigenvalue weighted by Gasteiger charge is 2.35. The number of piperidine rings is 1. The fourth-order valence-electron chi connectivity index (χ4n) is 4.06. The average Bonchev–Trinajstić information content (AvgIpc) is 3.44. The maximum absolute atomic E-state index is 13.1. The van der Waals surface area contributed by atoms with Crippen molar-refractivity contribution in [3.05, 3.63) is 47.3 Å². The maximum atomic E-state index is 13.1. The summed E-state index contributed by atoms with van der Waals surface area (Å²) in [6, 6.07) is 7.77. The van der Waals surface area contributed by atoms with E-state index in [1.165, 1.54) is 11.2 Å². The highest BCUT2D eigenvalue weighted by atomic mass is 32.2. The Balaban J connectivity index is 1.37. The van der Waals surface area contributed by atoms with Gasteiger partial charge in [-0.3, -0.25) is 9.59 Å². The van der Waals surface area contributed by atoms with Crippen LogP contribution in [0.15, 0.2) is 39.8 Å². The number of Topliss-reactive ketones (excluding diaryl/α,β-unsaturated/α-hetero) is 1. The van der Waals surface area contributed by atoms with Crippen molar-refractivity contribution >= 4 is 21.7 Å². The van der Waals surface area contributed by atoms with Crippen LogP contribution < -0.4 is 5.32 Å². The lowest BCUT2D eigenvalue weighted by Gasteiger charge is -2.36. The fourth-order valence-corrected chi connectivity index (χ4v) is 5.71. The highest BCUT2D eigenvalue weighted by Crippen LogP contribution is 2.40. The summed E-state index contributed by atoms with van der Waals surface area (Å²) < 4.78 is 32.9. The Morgan fingerprint density at radius 3 is 2.52 bits per heavy atom. The second-order valence-electron chi connectivity index (χ2n) is 8.57. The van der Waals surface area contributed by atoms with Crippen molar-refractivity contribution in [2.75, 3.05) is 6.54 Å². The molecule has 2 aromatic rings. The van der Waals surface area contributed by atoms with E-state index >= 15 is 0 Å². The molecule has 2 atom stereocenters. The predicted molar refractivity (Wildman–Crippen MR) is 113 cm³/mol. The summed E-state index contributed by atoms with van der Waals surface area (Å²) in [5.74, 6) is 0.890. The van der Waals surface area contributed by atoms with E-state index in [0.717, 1.165) is 24.2 Å². The summed E-state index contributed by atoms with van der Waals surface area (Å²) in [6.45, 7) is 3.67. The van der Waals surface area contributed by atoms with Gasteiger partial charge in [0.25, 0.3) is 5.91 Å². The van der Waals surface area contributed by atoms with Gasteiger partial charge in [-0.2, -0.15) is 4.31 Å². The topological polar surface area (TPSA) is 110 Å². The number of hydrogen-bond donors (Lipinski definition) is 1. The number of sulfonamides is 1. The first-order valence-corrected chi connectivity index (χ1v) is 12.1. The summed E-state index contributed by atoms with van der Waals surface area (Å²) >= 11 is 0. The van der Waals surface area contributed by atoms with Crippen molar-refractivity contribution in [1.82, 2.24) is 14.8 Å². The van der Waals surface area contributed by atoms with Crippen LogP contribution >= 0.6 is 0 Å². The molecule has 9 heteroatoms. The van der Waals surface area contributed by atoms with Crippen molar-refractivity contribution in [2.45, 2.75) is 68.8 Å². The molecule has 166 valence electrons. The van der Waals surface area contributed by atoms with Gasteiger partial charge in [-0.25, -0.2) is 8.42 Å². The summed E-state index contributed by atoms with van der Waals surface area (Å²) in [6.07, 6.45) is 3.46. The van der Waals surface area contributed by atoms with Gasteiger partial charge in [0.1, 0.15) is 11.5 Å². The van der Waals surface area contributed by atoms with E-state index in [1.807, 2.05) is 6.92 Å². The molecule has 8 nitrogen and oxygen atoms in total. The third-order valence-corrected chi connectivity index (χ3v) is 7.90. The number of ketones is 1. The van der Waals surface area contributed by atoms with E-state index in [4.69, 9.17) is 4.52 Å². The number of amides is 1. The molecule has 1 saturated carbocycles. The second-order valence-corrected chi connectivity index (χ2v) is 10.5. The largest absolute Gasteiger partial charge is 0.360 e. The molecule has 2 heterocycles. The smallest absolute Gasteiger partial charge is 0.273 e. The van der Waals surface area contributed by atoms with Gasteiger partial charge in [0.2, 0.25) is 10.0 Å². The van der Waals surface area contributed by atoms with E-state index < -0.39 is 10.0 Å². The van der Waals surface area contributed by atoms with Gasteiger partial charge in [0.15, 0.2) is 5.69 Å². The van der Waals surface area contributed by atoms with Crippen LogP contribution in [-0.2, 0) is 21.2 Å². The second kappa shape index (κ2) is 8.55. The first-order valence-electron chi connectivity index (χ1n) is 10.6. The minimum absolute atomic E-state index is 0.0303. The zero-order valence-electron chi connectivity index (χ0n) is 17.7. The molecule has 1 aromatic heterocycles. The van der Waals surface area contributed by atoms with Crippen LogP contribution in [0.1, 0.15) is 67.3 Å². The molecular formula is C22H27N3O5S. The number of benzene rings is 1. The fraction of sp³-hybridized carbons (Fsp3) is 0.500. The summed E-state index contributed by atoms with van der Waals surface area (Å²) in [5.41, 5.74) is 1.06.